The number of amides is 2. The number of esters is 1. The molecule has 34 heavy (non-hydrogen) atoms. The lowest BCUT2D eigenvalue weighted by Gasteiger charge is -2.33. The Hall–Kier alpha value is -3.04. The number of nitrogens with zero attached hydrogens (tertiary/aromatic N) is 2. The lowest BCUT2D eigenvalue weighted by Crippen LogP contribution is -2.50. The average molecular weight is 485 g/mol. The lowest BCUT2D eigenvalue weighted by atomic mass is 10.1. The van der Waals surface area contributed by atoms with Gasteiger partial charge in [0.1, 0.15) is 11.8 Å². The van der Waals surface area contributed by atoms with Crippen LogP contribution in [0, 0.1) is 0 Å². The predicted octanol–water partition coefficient (Wildman–Crippen LogP) is 3.66. The molecule has 0 radical (unpaired) electrons. The minimum absolute atomic E-state index is 0.115. The van der Waals surface area contributed by atoms with Gasteiger partial charge in [0.05, 0.1) is 17.0 Å². The third-order valence-corrected chi connectivity index (χ3v) is 8.27. The molecule has 4 rings (SSSR count). The molecule has 0 aromatic heterocycles. The van der Waals surface area contributed by atoms with Crippen molar-refractivity contribution in [2.45, 2.75) is 68.8 Å². The first kappa shape index (κ1) is 24.1. The smallest absolute Gasteiger partial charge is 0.308 e. The van der Waals surface area contributed by atoms with Crippen molar-refractivity contribution in [1.29, 1.82) is 0 Å². The zero-order chi connectivity index (χ0) is 24.3. The second-order valence-electron chi connectivity index (χ2n) is 8.67. The van der Waals surface area contributed by atoms with Crippen molar-refractivity contribution in [3.05, 3.63) is 54.6 Å². The highest BCUT2D eigenvalue weighted by Gasteiger charge is 2.49. The molecule has 1 heterocycles. The molecular formula is C25H28N2O6S. The molecule has 2 fully saturated rings. The van der Waals surface area contributed by atoms with Gasteiger partial charge >= 0.3 is 5.97 Å². The summed E-state index contributed by atoms with van der Waals surface area (Å²) in [6, 6.07) is 12.6. The molecule has 2 aromatic rings. The standard InChI is InChI=1S/C25H28N2O6S/c1-18(28)33-21-15-13-19(14-16-21)26-24(29)17-23(25(26)30)27(20-9-5-2-3-6-10-20)34(31,32)22-11-7-4-8-12-22/h4,7-8,11-16,20,23H,2-3,5-6,9-10,17H2,1H3. The summed E-state index contributed by atoms with van der Waals surface area (Å²) in [6.07, 6.45) is 4.89. The van der Waals surface area contributed by atoms with Crippen LogP contribution < -0.4 is 9.64 Å². The van der Waals surface area contributed by atoms with Crippen LogP contribution in [-0.2, 0) is 24.4 Å². The van der Waals surface area contributed by atoms with Gasteiger partial charge < -0.3 is 4.74 Å². The van der Waals surface area contributed by atoms with E-state index in [0.717, 1.165) is 30.6 Å². The van der Waals surface area contributed by atoms with E-state index in [4.69, 9.17) is 4.74 Å². The third kappa shape index (κ3) is 4.90. The van der Waals surface area contributed by atoms with Crippen LogP contribution in [0.2, 0.25) is 0 Å². The Morgan fingerprint density at radius 3 is 2.15 bits per heavy atom. The minimum atomic E-state index is -4.01. The van der Waals surface area contributed by atoms with Crippen LogP contribution in [0.15, 0.2) is 59.5 Å². The van der Waals surface area contributed by atoms with Gasteiger partial charge in [0.2, 0.25) is 15.9 Å². The monoisotopic (exact) mass is 484 g/mol. The van der Waals surface area contributed by atoms with Crippen LogP contribution in [0.5, 0.6) is 5.75 Å². The maximum Gasteiger partial charge on any atom is 0.308 e. The Morgan fingerprint density at radius 1 is 0.941 bits per heavy atom. The number of benzene rings is 2. The highest BCUT2D eigenvalue weighted by molar-refractivity contribution is 7.89. The van der Waals surface area contributed by atoms with Crippen molar-refractivity contribution < 1.29 is 27.5 Å². The molecule has 1 atom stereocenters. The number of carbonyl (C=O) groups is 3. The maximum absolute atomic E-state index is 13.8. The molecule has 0 bridgehead atoms. The number of hydrogen-bond acceptors (Lipinski definition) is 6. The van der Waals surface area contributed by atoms with E-state index < -0.39 is 33.8 Å². The average Bonchev–Trinajstić information content (AvgIpc) is 2.97. The van der Waals surface area contributed by atoms with Crippen LogP contribution in [0.3, 0.4) is 0 Å². The van der Waals surface area contributed by atoms with Gasteiger partial charge in [-0.2, -0.15) is 4.31 Å². The molecule has 0 spiro atoms. The Kier molecular flexibility index (Phi) is 7.13. The molecule has 180 valence electrons. The quantitative estimate of drug-likeness (QED) is 0.268. The topological polar surface area (TPSA) is 101 Å². The predicted molar refractivity (Wildman–Crippen MR) is 126 cm³/mol. The summed E-state index contributed by atoms with van der Waals surface area (Å²) in [5.74, 6) is -1.21. The number of sulfonamides is 1. The van der Waals surface area contributed by atoms with E-state index in [9.17, 15) is 22.8 Å². The fraction of sp³-hybridized carbons (Fsp3) is 0.400. The Bertz CT molecular complexity index is 1160. The number of ether oxygens (including phenoxy) is 1. The molecule has 9 heteroatoms. The second kappa shape index (κ2) is 10.1. The van der Waals surface area contributed by atoms with E-state index in [1.807, 2.05) is 0 Å². The zero-order valence-electron chi connectivity index (χ0n) is 19.1. The summed E-state index contributed by atoms with van der Waals surface area (Å²) in [6.45, 7) is 1.28. The summed E-state index contributed by atoms with van der Waals surface area (Å²) in [5, 5.41) is 0. The van der Waals surface area contributed by atoms with Gasteiger partial charge in [0.25, 0.3) is 5.91 Å². The van der Waals surface area contributed by atoms with Gasteiger partial charge in [-0.25, -0.2) is 13.3 Å². The van der Waals surface area contributed by atoms with E-state index in [1.54, 1.807) is 18.2 Å². The lowest BCUT2D eigenvalue weighted by molar-refractivity contribution is -0.132. The van der Waals surface area contributed by atoms with E-state index in [2.05, 4.69) is 0 Å². The molecule has 1 saturated heterocycles. The molecule has 0 N–H and O–H groups in total. The van der Waals surface area contributed by atoms with Crippen molar-refractivity contribution in [1.82, 2.24) is 4.31 Å². The van der Waals surface area contributed by atoms with Crippen LogP contribution >= 0.6 is 0 Å². The normalized spacial score (nSPS) is 19.9. The number of hydrogen-bond donors (Lipinski definition) is 0. The number of imide groups is 1. The molecule has 2 aromatic carbocycles. The van der Waals surface area contributed by atoms with Gasteiger partial charge in [0, 0.05) is 13.0 Å². The number of carbonyl (C=O) groups excluding carboxylic acids is 3. The summed E-state index contributed by atoms with van der Waals surface area (Å²) >= 11 is 0. The van der Waals surface area contributed by atoms with Crippen molar-refractivity contribution in [2.24, 2.45) is 0 Å². The molecule has 8 nitrogen and oxygen atoms in total. The Balaban J connectivity index is 1.68. The Labute approximate surface area is 199 Å². The van der Waals surface area contributed by atoms with E-state index in [-0.39, 0.29) is 17.4 Å². The maximum atomic E-state index is 13.8. The highest BCUT2D eigenvalue weighted by Crippen LogP contribution is 2.35. The largest absolute Gasteiger partial charge is 0.427 e. The number of rotatable bonds is 6. The van der Waals surface area contributed by atoms with Crippen molar-refractivity contribution >= 4 is 33.5 Å². The van der Waals surface area contributed by atoms with Gasteiger partial charge in [-0.1, -0.05) is 43.9 Å². The summed E-state index contributed by atoms with van der Waals surface area (Å²) < 4.78 is 33.9. The first-order valence-corrected chi connectivity index (χ1v) is 13.0. The third-order valence-electron chi connectivity index (χ3n) is 6.29. The minimum Gasteiger partial charge on any atom is -0.427 e. The van der Waals surface area contributed by atoms with Crippen molar-refractivity contribution in [3.8, 4) is 5.75 Å². The molecule has 2 aliphatic rings. The Morgan fingerprint density at radius 2 is 1.56 bits per heavy atom. The molecule has 1 aliphatic carbocycles. The fourth-order valence-corrected chi connectivity index (χ4v) is 6.61. The van der Waals surface area contributed by atoms with Crippen molar-refractivity contribution in [3.63, 3.8) is 0 Å². The molecule has 1 unspecified atom stereocenters. The van der Waals surface area contributed by atoms with Gasteiger partial charge in [-0.15, -0.1) is 0 Å². The fourth-order valence-electron chi connectivity index (χ4n) is 4.76. The van der Waals surface area contributed by atoms with Crippen LogP contribution in [0.1, 0.15) is 51.9 Å². The van der Waals surface area contributed by atoms with Gasteiger partial charge in [0.15, 0.2) is 0 Å². The van der Waals surface area contributed by atoms with E-state index >= 15 is 0 Å². The second-order valence-corrected chi connectivity index (χ2v) is 10.5. The molecule has 1 saturated carbocycles. The summed E-state index contributed by atoms with van der Waals surface area (Å²) in [7, 11) is -4.01. The van der Waals surface area contributed by atoms with E-state index in [0.29, 0.717) is 24.3 Å². The summed E-state index contributed by atoms with van der Waals surface area (Å²) in [4.78, 5) is 38.8. The molecule has 2 amide bonds. The molecular weight excluding hydrogens is 456 g/mol. The van der Waals surface area contributed by atoms with Gasteiger partial charge in [-0.3, -0.25) is 14.4 Å². The van der Waals surface area contributed by atoms with E-state index in [1.165, 1.54) is 47.6 Å². The van der Waals surface area contributed by atoms with Crippen molar-refractivity contribution in [2.75, 3.05) is 4.90 Å². The van der Waals surface area contributed by atoms with Gasteiger partial charge in [-0.05, 0) is 49.2 Å². The zero-order valence-corrected chi connectivity index (χ0v) is 19.9. The summed E-state index contributed by atoms with van der Waals surface area (Å²) in [5.41, 5.74) is 0.311. The SMILES string of the molecule is CC(=O)Oc1ccc(N2C(=O)CC(N(C3CCCCCC3)S(=O)(=O)c3ccccc3)C2=O)cc1. The van der Waals surface area contributed by atoms with Crippen LogP contribution in [0.4, 0.5) is 5.69 Å². The molecule has 1 aliphatic heterocycles. The van der Waals surface area contributed by atoms with Crippen LogP contribution in [-0.4, -0.2) is 42.6 Å². The van der Waals surface area contributed by atoms with Crippen LogP contribution in [0.25, 0.3) is 0 Å². The first-order chi connectivity index (χ1) is 16.3. The number of anilines is 1. The first-order valence-electron chi connectivity index (χ1n) is 11.5. The highest BCUT2D eigenvalue weighted by atomic mass is 32.2.